The van der Waals surface area contributed by atoms with Crippen LogP contribution in [0.2, 0.25) is 0 Å². The van der Waals surface area contributed by atoms with E-state index in [4.69, 9.17) is 4.74 Å². The van der Waals surface area contributed by atoms with Crippen LogP contribution >= 0.6 is 0 Å². The minimum atomic E-state index is -0.471. The van der Waals surface area contributed by atoms with Crippen LogP contribution in [0, 0.1) is 5.82 Å². The smallest absolute Gasteiger partial charge is 0.323 e. The maximum absolute atomic E-state index is 13.4. The fourth-order valence-corrected chi connectivity index (χ4v) is 2.59. The first kappa shape index (κ1) is 15.3. The number of urea groups is 1. The summed E-state index contributed by atoms with van der Waals surface area (Å²) in [6.07, 6.45) is 0.946. The number of amides is 2. The molecule has 0 aromatic heterocycles. The van der Waals surface area contributed by atoms with E-state index in [0.717, 1.165) is 25.2 Å². The van der Waals surface area contributed by atoms with Crippen LogP contribution in [0.4, 0.5) is 20.6 Å². The Morgan fingerprint density at radius 3 is 2.65 bits per heavy atom. The van der Waals surface area contributed by atoms with Gasteiger partial charge in [0.1, 0.15) is 0 Å². The summed E-state index contributed by atoms with van der Waals surface area (Å²) >= 11 is 0. The minimum Gasteiger partial charge on any atom is -0.494 e. The molecular formula is C17H18FN3O2. The van der Waals surface area contributed by atoms with Gasteiger partial charge in [-0.05, 0) is 48.4 Å². The van der Waals surface area contributed by atoms with E-state index >= 15 is 0 Å². The van der Waals surface area contributed by atoms with Gasteiger partial charge in [0.05, 0.1) is 7.11 Å². The summed E-state index contributed by atoms with van der Waals surface area (Å²) in [5.41, 5.74) is 3.69. The van der Waals surface area contributed by atoms with Gasteiger partial charge in [0.15, 0.2) is 11.6 Å². The monoisotopic (exact) mass is 315 g/mol. The topological polar surface area (TPSA) is 62.4 Å². The van der Waals surface area contributed by atoms with Crippen molar-refractivity contribution in [3.8, 4) is 5.75 Å². The Bertz CT molecular complexity index is 734. The third-order valence-electron chi connectivity index (χ3n) is 3.76. The van der Waals surface area contributed by atoms with Crippen LogP contribution < -0.4 is 20.7 Å². The van der Waals surface area contributed by atoms with Crippen molar-refractivity contribution in [2.24, 2.45) is 0 Å². The molecule has 3 N–H and O–H groups in total. The second kappa shape index (κ2) is 6.66. The second-order valence-electron chi connectivity index (χ2n) is 5.34. The molecular weight excluding hydrogens is 297 g/mol. The van der Waals surface area contributed by atoms with Crippen molar-refractivity contribution in [1.29, 1.82) is 0 Å². The number of benzene rings is 2. The van der Waals surface area contributed by atoms with Crippen LogP contribution in [-0.4, -0.2) is 19.7 Å². The fourth-order valence-electron chi connectivity index (χ4n) is 2.59. The normalized spacial score (nSPS) is 13.1. The summed E-state index contributed by atoms with van der Waals surface area (Å²) in [6.45, 7) is 1.80. The van der Waals surface area contributed by atoms with Crippen LogP contribution in [0.1, 0.15) is 11.1 Å². The summed E-state index contributed by atoms with van der Waals surface area (Å²) in [5.74, 6) is -0.383. The number of methoxy groups -OCH3 is 1. The van der Waals surface area contributed by atoms with Gasteiger partial charge in [-0.2, -0.15) is 0 Å². The summed E-state index contributed by atoms with van der Waals surface area (Å²) < 4.78 is 18.3. The van der Waals surface area contributed by atoms with E-state index in [1.165, 1.54) is 36.4 Å². The quantitative estimate of drug-likeness (QED) is 0.815. The van der Waals surface area contributed by atoms with Gasteiger partial charge in [-0.25, -0.2) is 9.18 Å². The van der Waals surface area contributed by atoms with Crippen molar-refractivity contribution >= 4 is 17.4 Å². The van der Waals surface area contributed by atoms with E-state index in [-0.39, 0.29) is 11.8 Å². The molecule has 2 aromatic rings. The molecule has 120 valence electrons. The lowest BCUT2D eigenvalue weighted by atomic mass is 10.0. The van der Waals surface area contributed by atoms with Gasteiger partial charge in [0.2, 0.25) is 0 Å². The Morgan fingerprint density at radius 2 is 1.87 bits per heavy atom. The Balaban J connectivity index is 1.67. The van der Waals surface area contributed by atoms with Gasteiger partial charge in [-0.15, -0.1) is 0 Å². The van der Waals surface area contributed by atoms with Gasteiger partial charge in [-0.3, -0.25) is 0 Å². The molecule has 0 fully saturated rings. The Labute approximate surface area is 133 Å². The zero-order valence-electron chi connectivity index (χ0n) is 12.8. The Kier molecular flexibility index (Phi) is 4.43. The van der Waals surface area contributed by atoms with E-state index in [1.54, 1.807) is 0 Å². The first-order valence-electron chi connectivity index (χ1n) is 7.40. The maximum Gasteiger partial charge on any atom is 0.323 e. The first-order valence-corrected chi connectivity index (χ1v) is 7.40. The number of rotatable bonds is 3. The predicted molar refractivity (Wildman–Crippen MR) is 87.4 cm³/mol. The van der Waals surface area contributed by atoms with Crippen molar-refractivity contribution in [3.63, 3.8) is 0 Å². The van der Waals surface area contributed by atoms with Gasteiger partial charge >= 0.3 is 6.03 Å². The lowest BCUT2D eigenvalue weighted by Gasteiger charge is -2.18. The molecule has 0 atom stereocenters. The van der Waals surface area contributed by atoms with Gasteiger partial charge in [0.25, 0.3) is 0 Å². The van der Waals surface area contributed by atoms with Crippen LogP contribution in [0.3, 0.4) is 0 Å². The average molecular weight is 315 g/mol. The van der Waals surface area contributed by atoms with Crippen molar-refractivity contribution in [2.45, 2.75) is 13.0 Å². The van der Waals surface area contributed by atoms with Gasteiger partial charge < -0.3 is 20.7 Å². The lowest BCUT2D eigenvalue weighted by Crippen LogP contribution is -2.24. The molecule has 1 aliphatic rings. The minimum absolute atomic E-state index is 0.0871. The Hall–Kier alpha value is -2.60. The summed E-state index contributed by atoms with van der Waals surface area (Å²) in [7, 11) is 1.38. The van der Waals surface area contributed by atoms with E-state index in [9.17, 15) is 9.18 Å². The second-order valence-corrected chi connectivity index (χ2v) is 5.34. The highest BCUT2D eigenvalue weighted by atomic mass is 19.1. The molecule has 1 heterocycles. The molecule has 2 aromatic carbocycles. The molecule has 5 nitrogen and oxygen atoms in total. The highest BCUT2D eigenvalue weighted by Crippen LogP contribution is 2.22. The fraction of sp³-hybridized carbons (Fsp3) is 0.235. The maximum atomic E-state index is 13.4. The van der Waals surface area contributed by atoms with Crippen molar-refractivity contribution in [1.82, 2.24) is 5.32 Å². The number of ether oxygens (including phenoxy) is 1. The van der Waals surface area contributed by atoms with Crippen LogP contribution in [0.25, 0.3) is 0 Å². The number of hydrogen-bond donors (Lipinski definition) is 3. The standard InChI is InChI=1S/C17H18FN3O2/c1-23-16-9-14(4-5-15(16)18)21-17(22)20-13-3-2-12-10-19-7-6-11(12)8-13/h2-5,8-9,19H,6-7,10H2,1H3,(H2,20,21,22). The number of carbonyl (C=O) groups excluding carboxylic acids is 1. The zero-order valence-corrected chi connectivity index (χ0v) is 12.8. The number of fused-ring (bicyclic) bond motifs is 1. The highest BCUT2D eigenvalue weighted by molar-refractivity contribution is 5.99. The van der Waals surface area contributed by atoms with Crippen LogP contribution in [0.15, 0.2) is 36.4 Å². The molecule has 0 aliphatic carbocycles. The number of nitrogens with one attached hydrogen (secondary N) is 3. The third kappa shape index (κ3) is 3.60. The van der Waals surface area contributed by atoms with Crippen LogP contribution in [0.5, 0.6) is 5.75 Å². The van der Waals surface area contributed by atoms with Crippen molar-refractivity contribution < 1.29 is 13.9 Å². The predicted octanol–water partition coefficient (Wildman–Crippen LogP) is 3.12. The molecule has 0 bridgehead atoms. The van der Waals surface area contributed by atoms with E-state index in [1.807, 2.05) is 18.2 Å². The lowest BCUT2D eigenvalue weighted by molar-refractivity contribution is 0.262. The molecule has 0 saturated carbocycles. The van der Waals surface area contributed by atoms with E-state index in [2.05, 4.69) is 16.0 Å². The zero-order chi connectivity index (χ0) is 16.2. The van der Waals surface area contributed by atoms with E-state index in [0.29, 0.717) is 5.69 Å². The Morgan fingerprint density at radius 1 is 1.13 bits per heavy atom. The molecule has 0 radical (unpaired) electrons. The number of anilines is 2. The molecule has 0 saturated heterocycles. The molecule has 23 heavy (non-hydrogen) atoms. The van der Waals surface area contributed by atoms with Crippen molar-refractivity contribution in [3.05, 3.63) is 53.3 Å². The number of carbonyl (C=O) groups is 1. The molecule has 2 amide bonds. The van der Waals surface area contributed by atoms with Gasteiger partial charge in [-0.1, -0.05) is 6.07 Å². The summed E-state index contributed by atoms with van der Waals surface area (Å²) in [4.78, 5) is 12.1. The third-order valence-corrected chi connectivity index (χ3v) is 3.76. The average Bonchev–Trinajstić information content (AvgIpc) is 2.56. The van der Waals surface area contributed by atoms with Crippen molar-refractivity contribution in [2.75, 3.05) is 24.3 Å². The number of hydrogen-bond acceptors (Lipinski definition) is 3. The molecule has 6 heteroatoms. The molecule has 1 aliphatic heterocycles. The molecule has 0 unspecified atom stereocenters. The van der Waals surface area contributed by atoms with E-state index < -0.39 is 5.82 Å². The highest BCUT2D eigenvalue weighted by Gasteiger charge is 2.11. The SMILES string of the molecule is COc1cc(NC(=O)Nc2ccc3c(c2)CCNC3)ccc1F. The first-order chi connectivity index (χ1) is 11.2. The van der Waals surface area contributed by atoms with Gasteiger partial charge in [0, 0.05) is 24.0 Å². The summed E-state index contributed by atoms with van der Waals surface area (Å²) in [5, 5.41) is 8.76. The summed E-state index contributed by atoms with van der Waals surface area (Å²) in [6, 6.07) is 9.66. The molecule has 3 rings (SSSR count). The van der Waals surface area contributed by atoms with Crippen LogP contribution in [-0.2, 0) is 13.0 Å². The largest absolute Gasteiger partial charge is 0.494 e. The molecule has 0 spiro atoms. The number of halogens is 1.